The lowest BCUT2D eigenvalue weighted by Gasteiger charge is -2.48. The van der Waals surface area contributed by atoms with Crippen LogP contribution in [0.1, 0.15) is 70.7 Å². The Morgan fingerprint density at radius 2 is 0.819 bits per heavy atom. The summed E-state index contributed by atoms with van der Waals surface area (Å²) < 4.78 is 98.3. The fraction of sp³-hybridized carbons (Fsp3) is 0.333. The molecule has 0 radical (unpaired) electrons. The first-order chi connectivity index (χ1) is 45.2. The van der Waals surface area contributed by atoms with Crippen molar-refractivity contribution < 1.29 is 114 Å². The topological polar surface area (TPSA) is 308 Å². The molecule has 494 valence electrons. The zero-order valence-electron chi connectivity index (χ0n) is 52.1. The summed E-state index contributed by atoms with van der Waals surface area (Å²) in [5.41, 5.74) is 1.78. The average Bonchev–Trinajstić information content (AvgIpc) is 0.757. The molecule has 10 atom stereocenters. The van der Waals surface area contributed by atoms with Gasteiger partial charge in [-0.25, -0.2) is 0 Å². The van der Waals surface area contributed by atoms with Gasteiger partial charge >= 0.3 is 41.8 Å². The fourth-order valence-electron chi connectivity index (χ4n) is 10.3. The Balaban J connectivity index is 1.23. The van der Waals surface area contributed by atoms with Crippen LogP contribution in [0.5, 0.6) is 34.5 Å². The normalized spacial score (nSPS) is 20.7. The van der Waals surface area contributed by atoms with Crippen LogP contribution in [0.3, 0.4) is 0 Å². The molecule has 3 heterocycles. The second-order valence-electron chi connectivity index (χ2n) is 21.6. The number of fused-ring (bicyclic) bond motifs is 1. The number of aromatic hydroxyl groups is 1. The molecule has 6 aromatic carbocycles. The number of carbonyl (C=O) groups excluding carboxylic acids is 7. The maximum atomic E-state index is 15.7. The van der Waals surface area contributed by atoms with Crippen LogP contribution in [0, 0.1) is 0 Å². The molecule has 25 heteroatoms. The van der Waals surface area contributed by atoms with Gasteiger partial charge in [0.2, 0.25) is 29.3 Å². The summed E-state index contributed by atoms with van der Waals surface area (Å²) >= 11 is 0. The van der Waals surface area contributed by atoms with Gasteiger partial charge in [0.25, 0.3) is 0 Å². The smallest absolute Gasteiger partial charge is 0.303 e. The zero-order valence-corrected chi connectivity index (χ0v) is 52.1. The summed E-state index contributed by atoms with van der Waals surface area (Å²) in [7, 11) is 0. The van der Waals surface area contributed by atoms with Crippen LogP contribution in [0.15, 0.2) is 155 Å². The van der Waals surface area contributed by atoms with Gasteiger partial charge in [-0.05, 0) is 34.4 Å². The van der Waals surface area contributed by atoms with Crippen LogP contribution in [0.25, 0.3) is 22.3 Å². The molecule has 0 unspecified atom stereocenters. The summed E-state index contributed by atoms with van der Waals surface area (Å²) in [6, 6.07) is 42.4. The van der Waals surface area contributed by atoms with Crippen LogP contribution in [0.2, 0.25) is 0 Å². The van der Waals surface area contributed by atoms with Crippen molar-refractivity contribution in [2.45, 2.75) is 136 Å². The van der Waals surface area contributed by atoms with Gasteiger partial charge in [-0.2, -0.15) is 0 Å². The van der Waals surface area contributed by atoms with Crippen LogP contribution < -0.4 is 29.1 Å². The molecule has 2 aliphatic heterocycles. The summed E-state index contributed by atoms with van der Waals surface area (Å²) in [6.45, 7) is 5.65. The molecule has 2 aliphatic rings. The quantitative estimate of drug-likeness (QED) is 0.0392. The number of hydrogen-bond donors (Lipinski definition) is 1. The summed E-state index contributed by atoms with van der Waals surface area (Å²) in [5, 5.41) is 11.5. The molecule has 0 bridgehead atoms. The van der Waals surface area contributed by atoms with E-state index < -0.39 is 144 Å². The Hall–Kier alpha value is -10.5. The predicted octanol–water partition coefficient (Wildman–Crippen LogP) is 8.48. The van der Waals surface area contributed by atoms with Crippen LogP contribution in [-0.4, -0.2) is 122 Å². The van der Waals surface area contributed by atoms with Gasteiger partial charge in [-0.15, -0.1) is 0 Å². The van der Waals surface area contributed by atoms with Crippen molar-refractivity contribution >= 4 is 52.8 Å². The predicted molar refractivity (Wildman–Crippen MR) is 327 cm³/mol. The highest BCUT2D eigenvalue weighted by Crippen LogP contribution is 2.47. The van der Waals surface area contributed by atoms with Gasteiger partial charge in [0.05, 0.1) is 0 Å². The van der Waals surface area contributed by atoms with E-state index >= 15 is 4.79 Å². The van der Waals surface area contributed by atoms with E-state index in [-0.39, 0.29) is 60.6 Å². The third-order valence-electron chi connectivity index (χ3n) is 14.3. The first kappa shape index (κ1) is 67.9. The largest absolute Gasteiger partial charge is 0.507 e. The van der Waals surface area contributed by atoms with Crippen LogP contribution >= 0.6 is 0 Å². The SMILES string of the molecule is CC(=O)OC[C@H]1O[C@@H](O[C@H]2[C@H](OC(C)=O)[C@@H](OC(C)=O)[C@H](Oc3c(-c4cc(OCc5ccccc5)c(OCc5ccccc5)c(OCc5ccccc5)c4)oc4cc(OCc5ccccc5)cc(O)c4c3=O)O[C@@H]2COC(C)=O)[C@H](OC(C)=O)[C@@H](OC(C)=O)[C@H]1OC(C)=O. The average molecular weight is 1300 g/mol. The Morgan fingerprint density at radius 1 is 0.426 bits per heavy atom. The van der Waals surface area contributed by atoms with Crippen molar-refractivity contribution in [3.8, 4) is 45.8 Å². The van der Waals surface area contributed by atoms with Gasteiger partial charge < -0.3 is 80.6 Å². The standard InChI is InChI=1S/C69H68O25/c1-38(70)79-36-55-61(85-40(3)72)64(86-41(4)73)66(88-43(6)75)68(91-55)93-62-56(37-80-39(2)71)92-69(67(89-44(7)76)65(62)87-42(5)74)94-63-58(78)57-51(77)30-50(81-32-45-20-12-8-13-21-45)31-52(57)90-59(63)49-28-53(82-33-46-22-14-9-15-23-46)60(84-35-48-26-18-11-19-27-48)54(29-49)83-34-47-24-16-10-17-25-47/h8-31,55-56,61-62,64-69,77H,32-37H2,1-7H3/t55-,56-,61+,62-,64+,65+,66-,67-,68+,69+/m1/s1. The van der Waals surface area contributed by atoms with Crippen LogP contribution in [0.4, 0.5) is 0 Å². The van der Waals surface area contributed by atoms with Gasteiger partial charge in [-0.1, -0.05) is 121 Å². The number of esters is 7. The van der Waals surface area contributed by atoms with Crippen molar-refractivity contribution in [2.75, 3.05) is 13.2 Å². The minimum Gasteiger partial charge on any atom is -0.507 e. The summed E-state index contributed by atoms with van der Waals surface area (Å²) in [4.78, 5) is 106. The third kappa shape index (κ3) is 18.0. The minimum atomic E-state index is -2.13. The van der Waals surface area contributed by atoms with Gasteiger partial charge in [0.15, 0.2) is 48.0 Å². The van der Waals surface area contributed by atoms with E-state index in [1.54, 1.807) is 0 Å². The molecule has 0 spiro atoms. The molecule has 0 aliphatic carbocycles. The van der Waals surface area contributed by atoms with E-state index in [1.807, 2.05) is 121 Å². The molecule has 7 aromatic rings. The maximum absolute atomic E-state index is 15.7. The molecule has 9 rings (SSSR count). The molecule has 1 aromatic heterocycles. The van der Waals surface area contributed by atoms with Gasteiger partial charge in [0.1, 0.15) is 80.4 Å². The second-order valence-corrected chi connectivity index (χ2v) is 21.6. The second kappa shape index (κ2) is 31.7. The van der Waals surface area contributed by atoms with E-state index in [9.17, 15) is 38.7 Å². The fourth-order valence-corrected chi connectivity index (χ4v) is 10.3. The van der Waals surface area contributed by atoms with E-state index in [2.05, 4.69) is 0 Å². The number of rotatable bonds is 26. The molecule has 0 saturated carbocycles. The van der Waals surface area contributed by atoms with Crippen molar-refractivity contribution in [3.63, 3.8) is 0 Å². The monoisotopic (exact) mass is 1300 g/mol. The maximum Gasteiger partial charge on any atom is 0.303 e. The molecular formula is C69H68O25. The first-order valence-corrected chi connectivity index (χ1v) is 29.6. The first-order valence-electron chi connectivity index (χ1n) is 29.6. The Morgan fingerprint density at radius 3 is 1.28 bits per heavy atom. The van der Waals surface area contributed by atoms with Gasteiger partial charge in [0, 0.05) is 66.2 Å². The Labute approximate surface area is 538 Å². The Kier molecular flexibility index (Phi) is 22.9. The molecule has 0 amide bonds. The number of ether oxygens (including phenoxy) is 15. The molecule has 1 N–H and O–H groups in total. The number of hydrogen-bond acceptors (Lipinski definition) is 25. The van der Waals surface area contributed by atoms with Crippen LogP contribution in [-0.2, 0) is 107 Å². The molecule has 25 nitrogen and oxygen atoms in total. The summed E-state index contributed by atoms with van der Waals surface area (Å²) in [5.74, 6) is -8.16. The highest BCUT2D eigenvalue weighted by molar-refractivity contribution is 5.89. The minimum absolute atomic E-state index is 0.0139. The lowest BCUT2D eigenvalue weighted by atomic mass is 9.96. The molecular weight excluding hydrogens is 1230 g/mol. The van der Waals surface area contributed by atoms with Crippen molar-refractivity contribution in [3.05, 3.63) is 178 Å². The van der Waals surface area contributed by atoms with E-state index in [1.165, 1.54) is 24.3 Å². The lowest BCUT2D eigenvalue weighted by Crippen LogP contribution is -2.67. The lowest BCUT2D eigenvalue weighted by molar-refractivity contribution is -0.354. The zero-order chi connectivity index (χ0) is 67.0. The van der Waals surface area contributed by atoms with E-state index in [4.69, 9.17) is 75.5 Å². The summed E-state index contributed by atoms with van der Waals surface area (Å²) in [6.07, 6.45) is -18.7. The molecule has 2 fully saturated rings. The molecule has 2 saturated heterocycles. The van der Waals surface area contributed by atoms with Crippen molar-refractivity contribution in [1.82, 2.24) is 0 Å². The highest BCUT2D eigenvalue weighted by Gasteiger charge is 2.58. The van der Waals surface area contributed by atoms with Crippen molar-refractivity contribution in [2.24, 2.45) is 0 Å². The number of benzene rings is 6. The number of carbonyl (C=O) groups is 7. The third-order valence-corrected chi connectivity index (χ3v) is 14.3. The van der Waals surface area contributed by atoms with E-state index in [0.29, 0.717) is 0 Å². The number of phenols is 1. The Bertz CT molecular complexity index is 3790. The molecule has 94 heavy (non-hydrogen) atoms. The van der Waals surface area contributed by atoms with Crippen molar-refractivity contribution in [1.29, 1.82) is 0 Å². The van der Waals surface area contributed by atoms with E-state index in [0.717, 1.165) is 70.7 Å². The number of phenolic OH excluding ortho intramolecular Hbond substituents is 1. The van der Waals surface area contributed by atoms with Gasteiger partial charge in [-0.3, -0.25) is 38.4 Å². The highest BCUT2D eigenvalue weighted by atomic mass is 16.8.